The van der Waals surface area contributed by atoms with E-state index in [9.17, 15) is 0 Å². The van der Waals surface area contributed by atoms with Gasteiger partial charge < -0.3 is 4.98 Å². The summed E-state index contributed by atoms with van der Waals surface area (Å²) in [5, 5.41) is 0. The predicted octanol–water partition coefficient (Wildman–Crippen LogP) is 3.43. The maximum Gasteiger partial charge on any atom is 0.132 e. The van der Waals surface area contributed by atoms with Crippen LogP contribution in [0.4, 0.5) is 0 Å². The lowest BCUT2D eigenvalue weighted by Gasteiger charge is -2.07. The summed E-state index contributed by atoms with van der Waals surface area (Å²) in [5.41, 5.74) is 2.53. The molecule has 0 aliphatic heterocycles. The molecule has 0 aromatic carbocycles. The molecule has 1 aromatic heterocycles. The van der Waals surface area contributed by atoms with Gasteiger partial charge in [-0.1, -0.05) is 38.9 Å². The number of nitrogens with zero attached hydrogens (tertiary/aromatic N) is 1. The zero-order chi connectivity index (χ0) is 10.4. The topological polar surface area (TPSA) is 28.7 Å². The van der Waals surface area contributed by atoms with Crippen LogP contribution in [0.1, 0.15) is 44.4 Å². The number of hydrogen-bond acceptors (Lipinski definition) is 2. The van der Waals surface area contributed by atoms with Crippen molar-refractivity contribution in [3.05, 3.63) is 22.2 Å². The van der Waals surface area contributed by atoms with Crippen molar-refractivity contribution >= 4 is 12.2 Å². The Labute approximate surface area is 90.8 Å². The van der Waals surface area contributed by atoms with E-state index in [0.29, 0.717) is 0 Å². The Morgan fingerprint density at radius 1 is 1.29 bits per heavy atom. The first-order chi connectivity index (χ1) is 6.79. The Balaban J connectivity index is 2.89. The van der Waals surface area contributed by atoms with Crippen molar-refractivity contribution in [3.63, 3.8) is 0 Å². The van der Waals surface area contributed by atoms with Crippen LogP contribution in [0.5, 0.6) is 0 Å². The third kappa shape index (κ3) is 2.91. The van der Waals surface area contributed by atoms with E-state index in [1.807, 2.05) is 0 Å². The minimum atomic E-state index is 0.775. The molecule has 0 fully saturated rings. The first kappa shape index (κ1) is 11.4. The number of rotatable bonds is 5. The Morgan fingerprint density at radius 2 is 2.07 bits per heavy atom. The fraction of sp³-hybridized carbons (Fsp3) is 0.636. The molecule has 0 atom stereocenters. The highest BCUT2D eigenvalue weighted by molar-refractivity contribution is 7.71. The predicted molar refractivity (Wildman–Crippen MR) is 62.0 cm³/mol. The van der Waals surface area contributed by atoms with Crippen LogP contribution in [0.3, 0.4) is 0 Å². The molecule has 0 saturated carbocycles. The van der Waals surface area contributed by atoms with Crippen molar-refractivity contribution < 1.29 is 0 Å². The van der Waals surface area contributed by atoms with E-state index in [4.69, 9.17) is 12.2 Å². The van der Waals surface area contributed by atoms with Gasteiger partial charge in [0.1, 0.15) is 4.64 Å². The van der Waals surface area contributed by atoms with E-state index in [1.165, 1.54) is 24.1 Å². The van der Waals surface area contributed by atoms with Crippen LogP contribution >= 0.6 is 12.2 Å². The van der Waals surface area contributed by atoms with Gasteiger partial charge in [0.15, 0.2) is 0 Å². The second kappa shape index (κ2) is 5.91. The molecule has 0 aliphatic rings. The summed E-state index contributed by atoms with van der Waals surface area (Å²) < 4.78 is 0.775. The molecule has 0 bridgehead atoms. The molecule has 2 nitrogen and oxygen atoms in total. The molecule has 0 saturated heterocycles. The molecule has 1 rings (SSSR count). The van der Waals surface area contributed by atoms with Crippen molar-refractivity contribution in [1.29, 1.82) is 0 Å². The zero-order valence-corrected chi connectivity index (χ0v) is 9.78. The van der Waals surface area contributed by atoms with Crippen molar-refractivity contribution in [2.24, 2.45) is 0 Å². The molecular weight excluding hydrogens is 192 g/mol. The summed E-state index contributed by atoms with van der Waals surface area (Å²) in [5.74, 6) is 0. The van der Waals surface area contributed by atoms with Gasteiger partial charge in [-0.25, -0.2) is 4.98 Å². The van der Waals surface area contributed by atoms with E-state index < -0.39 is 0 Å². The molecule has 0 unspecified atom stereocenters. The van der Waals surface area contributed by atoms with E-state index in [2.05, 4.69) is 23.8 Å². The fourth-order valence-electron chi connectivity index (χ4n) is 1.55. The maximum absolute atomic E-state index is 5.22. The average Bonchev–Trinajstić information content (AvgIpc) is 2.19. The zero-order valence-electron chi connectivity index (χ0n) is 8.97. The molecule has 1 aromatic rings. The number of H-pyrrole nitrogens is 1. The third-order valence-electron chi connectivity index (χ3n) is 2.32. The SMILES string of the molecule is CCCCc1[nH]cnc(=S)c1CCC. The van der Waals surface area contributed by atoms with Gasteiger partial charge in [0.05, 0.1) is 6.33 Å². The minimum Gasteiger partial charge on any atom is -0.349 e. The molecule has 78 valence electrons. The monoisotopic (exact) mass is 210 g/mol. The quantitative estimate of drug-likeness (QED) is 0.754. The molecule has 0 aliphatic carbocycles. The number of aromatic nitrogens is 2. The Bertz CT molecular complexity index is 330. The second-order valence-electron chi connectivity index (χ2n) is 3.52. The highest BCUT2D eigenvalue weighted by atomic mass is 32.1. The molecule has 0 spiro atoms. The highest BCUT2D eigenvalue weighted by Crippen LogP contribution is 2.11. The van der Waals surface area contributed by atoms with Gasteiger partial charge >= 0.3 is 0 Å². The van der Waals surface area contributed by atoms with Gasteiger partial charge in [0.2, 0.25) is 0 Å². The van der Waals surface area contributed by atoms with E-state index in [0.717, 1.165) is 23.9 Å². The van der Waals surface area contributed by atoms with Crippen LogP contribution in [0.25, 0.3) is 0 Å². The number of hydrogen-bond donors (Lipinski definition) is 1. The second-order valence-corrected chi connectivity index (χ2v) is 3.91. The molecular formula is C11H18N2S. The maximum atomic E-state index is 5.22. The van der Waals surface area contributed by atoms with Crippen LogP contribution < -0.4 is 0 Å². The van der Waals surface area contributed by atoms with Crippen LogP contribution in [-0.2, 0) is 12.8 Å². The molecule has 0 radical (unpaired) electrons. The normalized spacial score (nSPS) is 10.4. The van der Waals surface area contributed by atoms with Gasteiger partial charge in [-0.05, 0) is 19.3 Å². The smallest absolute Gasteiger partial charge is 0.132 e. The molecule has 0 amide bonds. The molecule has 3 heteroatoms. The lowest BCUT2D eigenvalue weighted by molar-refractivity contribution is 0.751. The fourth-order valence-corrected chi connectivity index (χ4v) is 1.83. The number of nitrogens with one attached hydrogen (secondary N) is 1. The van der Waals surface area contributed by atoms with Gasteiger partial charge in [-0.15, -0.1) is 0 Å². The van der Waals surface area contributed by atoms with E-state index in [1.54, 1.807) is 6.33 Å². The number of aromatic amines is 1. The number of aryl methyl sites for hydroxylation is 1. The average molecular weight is 210 g/mol. The summed E-state index contributed by atoms with van der Waals surface area (Å²) in [6.07, 6.45) is 7.41. The standard InChI is InChI=1S/C11H18N2S/c1-3-5-7-10-9(6-4-2)11(14)13-8-12-10/h8H,3-7H2,1-2H3,(H,12,13,14). The van der Waals surface area contributed by atoms with E-state index in [-0.39, 0.29) is 0 Å². The Hall–Kier alpha value is -0.700. The number of unbranched alkanes of at least 4 members (excludes halogenated alkanes) is 1. The van der Waals surface area contributed by atoms with Gasteiger partial charge in [0, 0.05) is 11.3 Å². The summed E-state index contributed by atoms with van der Waals surface area (Å²) in [6.45, 7) is 4.38. The van der Waals surface area contributed by atoms with Crippen LogP contribution in [-0.4, -0.2) is 9.97 Å². The lowest BCUT2D eigenvalue weighted by atomic mass is 10.1. The summed E-state index contributed by atoms with van der Waals surface area (Å²) in [6, 6.07) is 0. The van der Waals surface area contributed by atoms with Gasteiger partial charge in [-0.2, -0.15) is 0 Å². The minimum absolute atomic E-state index is 0.775. The summed E-state index contributed by atoms with van der Waals surface area (Å²) in [4.78, 5) is 7.35. The first-order valence-electron chi connectivity index (χ1n) is 5.35. The highest BCUT2D eigenvalue weighted by Gasteiger charge is 2.03. The molecule has 1 N–H and O–H groups in total. The lowest BCUT2D eigenvalue weighted by Crippen LogP contribution is -2.00. The van der Waals surface area contributed by atoms with Crippen LogP contribution in [0, 0.1) is 4.64 Å². The Morgan fingerprint density at radius 3 is 2.71 bits per heavy atom. The molecule has 14 heavy (non-hydrogen) atoms. The van der Waals surface area contributed by atoms with Crippen LogP contribution in [0.2, 0.25) is 0 Å². The van der Waals surface area contributed by atoms with Gasteiger partial charge in [0.25, 0.3) is 0 Å². The van der Waals surface area contributed by atoms with Crippen LogP contribution in [0.15, 0.2) is 6.33 Å². The summed E-state index contributed by atoms with van der Waals surface area (Å²) in [7, 11) is 0. The van der Waals surface area contributed by atoms with E-state index >= 15 is 0 Å². The van der Waals surface area contributed by atoms with Gasteiger partial charge in [-0.3, -0.25) is 0 Å². The summed E-state index contributed by atoms with van der Waals surface area (Å²) >= 11 is 5.22. The largest absolute Gasteiger partial charge is 0.349 e. The van der Waals surface area contributed by atoms with Crippen molar-refractivity contribution in [1.82, 2.24) is 9.97 Å². The van der Waals surface area contributed by atoms with Crippen molar-refractivity contribution in [2.45, 2.75) is 46.0 Å². The first-order valence-corrected chi connectivity index (χ1v) is 5.75. The Kier molecular flexibility index (Phi) is 4.80. The van der Waals surface area contributed by atoms with Crippen molar-refractivity contribution in [2.75, 3.05) is 0 Å². The molecule has 1 heterocycles. The van der Waals surface area contributed by atoms with Crippen molar-refractivity contribution in [3.8, 4) is 0 Å². The third-order valence-corrected chi connectivity index (χ3v) is 2.68.